The monoisotopic (exact) mass is 260 g/mol. The fourth-order valence-electron chi connectivity index (χ4n) is 3.12. The molecule has 5 heteroatoms. The number of rotatable bonds is 0. The predicted octanol–water partition coefficient (Wildman–Crippen LogP) is 2.85. The van der Waals surface area contributed by atoms with Gasteiger partial charge in [-0.05, 0) is 13.3 Å². The second kappa shape index (κ2) is 3.24. The van der Waals surface area contributed by atoms with Crippen LogP contribution in [0.1, 0.15) is 38.4 Å². The standard InChI is InChI=1S/C13H13ClN4/c1-12(2)6-13(3,7-15)8-5-16-10-4-9(14)17-18(10)11(8)12/h4-5H,6H2,1-3H3. The average molecular weight is 261 g/mol. The van der Waals surface area contributed by atoms with Gasteiger partial charge in [0.1, 0.15) is 0 Å². The Morgan fingerprint density at radius 1 is 1.44 bits per heavy atom. The van der Waals surface area contributed by atoms with E-state index in [1.54, 1.807) is 16.8 Å². The van der Waals surface area contributed by atoms with Crippen molar-refractivity contribution < 1.29 is 0 Å². The molecule has 2 aromatic rings. The van der Waals surface area contributed by atoms with Gasteiger partial charge in [-0.3, -0.25) is 0 Å². The van der Waals surface area contributed by atoms with Gasteiger partial charge in [-0.25, -0.2) is 9.50 Å². The zero-order valence-electron chi connectivity index (χ0n) is 10.5. The van der Waals surface area contributed by atoms with Gasteiger partial charge in [-0.1, -0.05) is 25.4 Å². The summed E-state index contributed by atoms with van der Waals surface area (Å²) in [7, 11) is 0. The van der Waals surface area contributed by atoms with Crippen LogP contribution in [0.4, 0.5) is 0 Å². The third kappa shape index (κ3) is 1.31. The van der Waals surface area contributed by atoms with E-state index in [0.717, 1.165) is 23.3 Å². The summed E-state index contributed by atoms with van der Waals surface area (Å²) < 4.78 is 1.78. The van der Waals surface area contributed by atoms with Gasteiger partial charge in [0, 0.05) is 23.2 Å². The van der Waals surface area contributed by atoms with E-state index >= 15 is 0 Å². The van der Waals surface area contributed by atoms with Crippen LogP contribution in [0.5, 0.6) is 0 Å². The molecule has 3 rings (SSSR count). The first-order valence-corrected chi connectivity index (χ1v) is 6.22. The second-order valence-electron chi connectivity index (χ2n) is 5.76. The number of nitriles is 1. The number of aromatic nitrogens is 3. The summed E-state index contributed by atoms with van der Waals surface area (Å²) in [6.07, 6.45) is 2.56. The molecule has 4 nitrogen and oxygen atoms in total. The van der Waals surface area contributed by atoms with Gasteiger partial charge in [0.05, 0.1) is 17.2 Å². The molecule has 0 radical (unpaired) electrons. The van der Waals surface area contributed by atoms with Crippen molar-refractivity contribution in [3.05, 3.63) is 28.7 Å². The summed E-state index contributed by atoms with van der Waals surface area (Å²) in [5.41, 5.74) is 2.12. The van der Waals surface area contributed by atoms with Crippen molar-refractivity contribution in [2.45, 2.75) is 38.0 Å². The van der Waals surface area contributed by atoms with Crippen LogP contribution in [0.15, 0.2) is 12.3 Å². The van der Waals surface area contributed by atoms with E-state index in [1.807, 2.05) is 6.92 Å². The van der Waals surface area contributed by atoms with E-state index in [4.69, 9.17) is 11.6 Å². The van der Waals surface area contributed by atoms with Crippen molar-refractivity contribution in [2.75, 3.05) is 0 Å². The summed E-state index contributed by atoms with van der Waals surface area (Å²) >= 11 is 5.95. The minimum atomic E-state index is -0.502. The smallest absolute Gasteiger partial charge is 0.156 e. The topological polar surface area (TPSA) is 54.0 Å². The summed E-state index contributed by atoms with van der Waals surface area (Å²) in [5.74, 6) is 0. The lowest BCUT2D eigenvalue weighted by Crippen LogP contribution is -2.20. The van der Waals surface area contributed by atoms with Crippen molar-refractivity contribution in [2.24, 2.45) is 0 Å². The first kappa shape index (κ1) is 11.5. The van der Waals surface area contributed by atoms with Crippen molar-refractivity contribution in [1.29, 1.82) is 5.26 Å². The molecule has 0 fully saturated rings. The Bertz CT molecular complexity index is 695. The molecule has 92 valence electrons. The lowest BCUT2D eigenvalue weighted by atomic mass is 9.82. The fraction of sp³-hybridized carbons (Fsp3) is 0.462. The summed E-state index contributed by atoms with van der Waals surface area (Å²) in [6, 6.07) is 4.15. The molecule has 2 heterocycles. The molecule has 0 saturated carbocycles. The first-order valence-electron chi connectivity index (χ1n) is 5.84. The highest BCUT2D eigenvalue weighted by molar-refractivity contribution is 6.29. The van der Waals surface area contributed by atoms with Crippen LogP contribution < -0.4 is 0 Å². The van der Waals surface area contributed by atoms with Gasteiger partial charge < -0.3 is 0 Å². The Hall–Kier alpha value is -1.60. The van der Waals surface area contributed by atoms with Crippen molar-refractivity contribution in [3.8, 4) is 6.07 Å². The average Bonchev–Trinajstić information content (AvgIpc) is 2.74. The zero-order chi connectivity index (χ0) is 13.1. The van der Waals surface area contributed by atoms with E-state index in [0.29, 0.717) is 5.15 Å². The molecule has 0 aliphatic heterocycles. The van der Waals surface area contributed by atoms with Crippen LogP contribution in [0.3, 0.4) is 0 Å². The summed E-state index contributed by atoms with van der Waals surface area (Å²) in [4.78, 5) is 4.35. The first-order chi connectivity index (χ1) is 8.37. The lowest BCUT2D eigenvalue weighted by molar-refractivity contribution is 0.430. The molecular formula is C13H13ClN4. The number of halogens is 1. The molecule has 1 atom stereocenters. The Kier molecular flexibility index (Phi) is 2.07. The third-order valence-corrected chi connectivity index (χ3v) is 3.92. The summed E-state index contributed by atoms with van der Waals surface area (Å²) in [5, 5.41) is 14.2. The highest BCUT2D eigenvalue weighted by atomic mass is 35.5. The van der Waals surface area contributed by atoms with E-state index in [2.05, 4.69) is 30.0 Å². The fourth-order valence-corrected chi connectivity index (χ4v) is 3.30. The van der Waals surface area contributed by atoms with Gasteiger partial charge in [-0.2, -0.15) is 10.4 Å². The highest BCUT2D eigenvalue weighted by Crippen LogP contribution is 2.48. The molecule has 0 N–H and O–H groups in total. The van der Waals surface area contributed by atoms with Crippen molar-refractivity contribution in [3.63, 3.8) is 0 Å². The predicted molar refractivity (Wildman–Crippen MR) is 68.6 cm³/mol. The van der Waals surface area contributed by atoms with E-state index in [-0.39, 0.29) is 5.41 Å². The maximum atomic E-state index is 9.45. The van der Waals surface area contributed by atoms with Crippen LogP contribution in [0.2, 0.25) is 5.15 Å². The highest BCUT2D eigenvalue weighted by Gasteiger charge is 2.47. The molecule has 18 heavy (non-hydrogen) atoms. The van der Waals surface area contributed by atoms with E-state index in [9.17, 15) is 5.26 Å². The number of hydrogen-bond donors (Lipinski definition) is 0. The summed E-state index contributed by atoms with van der Waals surface area (Å²) in [6.45, 7) is 6.21. The minimum Gasteiger partial charge on any atom is -0.237 e. The van der Waals surface area contributed by atoms with Crippen LogP contribution in [-0.4, -0.2) is 14.6 Å². The molecule has 1 unspecified atom stereocenters. The van der Waals surface area contributed by atoms with Crippen LogP contribution in [0, 0.1) is 11.3 Å². The Morgan fingerprint density at radius 3 is 2.83 bits per heavy atom. The molecule has 0 aromatic carbocycles. The van der Waals surface area contributed by atoms with Crippen molar-refractivity contribution >= 4 is 17.2 Å². The Balaban J connectivity index is 2.44. The third-order valence-electron chi connectivity index (χ3n) is 3.73. The van der Waals surface area contributed by atoms with Crippen LogP contribution >= 0.6 is 11.6 Å². The molecule has 2 aromatic heterocycles. The Morgan fingerprint density at radius 2 is 2.17 bits per heavy atom. The molecular weight excluding hydrogens is 248 g/mol. The van der Waals surface area contributed by atoms with E-state index in [1.165, 1.54) is 0 Å². The van der Waals surface area contributed by atoms with Crippen LogP contribution in [-0.2, 0) is 10.8 Å². The maximum Gasteiger partial charge on any atom is 0.156 e. The normalized spacial score (nSPS) is 25.1. The van der Waals surface area contributed by atoms with Crippen LogP contribution in [0.25, 0.3) is 5.65 Å². The quantitative estimate of drug-likeness (QED) is 0.732. The second-order valence-corrected chi connectivity index (χ2v) is 6.15. The van der Waals surface area contributed by atoms with Gasteiger partial charge in [0.2, 0.25) is 0 Å². The lowest BCUT2D eigenvalue weighted by Gasteiger charge is -2.20. The SMILES string of the molecule is CC1(C)CC(C)(C#N)c2cnc3cc(Cl)nn3c21. The number of nitrogens with zero attached hydrogens (tertiary/aromatic N) is 4. The molecule has 1 aliphatic carbocycles. The Labute approximate surface area is 110 Å². The maximum absolute atomic E-state index is 9.45. The van der Waals surface area contributed by atoms with Gasteiger partial charge in [0.15, 0.2) is 10.8 Å². The largest absolute Gasteiger partial charge is 0.237 e. The molecule has 0 saturated heterocycles. The van der Waals surface area contributed by atoms with Gasteiger partial charge >= 0.3 is 0 Å². The minimum absolute atomic E-state index is 0.115. The molecule has 0 amide bonds. The van der Waals surface area contributed by atoms with E-state index < -0.39 is 5.41 Å². The van der Waals surface area contributed by atoms with Gasteiger partial charge in [-0.15, -0.1) is 0 Å². The number of hydrogen-bond acceptors (Lipinski definition) is 3. The molecule has 0 spiro atoms. The number of fused-ring (bicyclic) bond motifs is 3. The zero-order valence-corrected chi connectivity index (χ0v) is 11.3. The molecule has 1 aliphatic rings. The van der Waals surface area contributed by atoms with Gasteiger partial charge in [0.25, 0.3) is 0 Å². The molecule has 0 bridgehead atoms. The van der Waals surface area contributed by atoms with Crippen molar-refractivity contribution in [1.82, 2.24) is 14.6 Å².